The van der Waals surface area contributed by atoms with Gasteiger partial charge in [0.15, 0.2) is 0 Å². The molecule has 1 aromatic heterocycles. The second kappa shape index (κ2) is 8.37. The highest BCUT2D eigenvalue weighted by Crippen LogP contribution is 2.28. The van der Waals surface area contributed by atoms with Crippen molar-refractivity contribution in [2.45, 2.75) is 13.3 Å². The summed E-state index contributed by atoms with van der Waals surface area (Å²) in [5, 5.41) is 4.08. The first-order chi connectivity index (χ1) is 13.0. The number of esters is 1. The number of anilines is 1. The molecule has 3 rings (SSSR count). The Kier molecular flexibility index (Phi) is 5.94. The standard InChI is InChI=1S/C20H16Cl2N2O3/c1-2-27-17(25)11-12-9-10-23-19-13(12)5-3-8-16(19)24-20(26)18-14(21)6-4-7-15(18)22/h3-10H,2,11H2,1H3,(H,24,26). The van der Waals surface area contributed by atoms with Crippen LogP contribution >= 0.6 is 23.2 Å². The summed E-state index contributed by atoms with van der Waals surface area (Å²) in [5.74, 6) is -0.752. The molecule has 0 aliphatic carbocycles. The van der Waals surface area contributed by atoms with Crippen molar-refractivity contribution in [2.24, 2.45) is 0 Å². The minimum Gasteiger partial charge on any atom is -0.466 e. The van der Waals surface area contributed by atoms with Gasteiger partial charge in [-0.15, -0.1) is 0 Å². The number of amides is 1. The Morgan fingerprint density at radius 3 is 2.48 bits per heavy atom. The highest BCUT2D eigenvalue weighted by Gasteiger charge is 2.17. The molecule has 5 nitrogen and oxygen atoms in total. The van der Waals surface area contributed by atoms with Gasteiger partial charge in [0, 0.05) is 11.6 Å². The first-order valence-electron chi connectivity index (χ1n) is 8.29. The number of ether oxygens (including phenoxy) is 1. The number of carbonyl (C=O) groups excluding carboxylic acids is 2. The van der Waals surface area contributed by atoms with E-state index < -0.39 is 5.91 Å². The van der Waals surface area contributed by atoms with Gasteiger partial charge in [-0.1, -0.05) is 41.4 Å². The molecule has 1 N–H and O–H groups in total. The van der Waals surface area contributed by atoms with Crippen molar-refractivity contribution in [3.8, 4) is 0 Å². The molecular weight excluding hydrogens is 387 g/mol. The minimum atomic E-state index is -0.435. The van der Waals surface area contributed by atoms with Crippen LogP contribution in [-0.2, 0) is 16.0 Å². The van der Waals surface area contributed by atoms with Crippen LogP contribution in [0.1, 0.15) is 22.8 Å². The maximum Gasteiger partial charge on any atom is 0.310 e. The van der Waals surface area contributed by atoms with Gasteiger partial charge in [0.1, 0.15) is 0 Å². The predicted molar refractivity (Wildman–Crippen MR) is 106 cm³/mol. The SMILES string of the molecule is CCOC(=O)Cc1ccnc2c(NC(=O)c3c(Cl)cccc3Cl)cccc12. The normalized spacial score (nSPS) is 10.6. The molecule has 27 heavy (non-hydrogen) atoms. The summed E-state index contributed by atoms with van der Waals surface area (Å²) in [6, 6.07) is 12.0. The number of para-hydroxylation sites is 1. The fourth-order valence-corrected chi connectivity index (χ4v) is 3.32. The minimum absolute atomic E-state index is 0.126. The van der Waals surface area contributed by atoms with Gasteiger partial charge in [0.05, 0.1) is 39.8 Å². The van der Waals surface area contributed by atoms with E-state index in [1.807, 2.05) is 6.07 Å². The van der Waals surface area contributed by atoms with Gasteiger partial charge in [0.25, 0.3) is 5.91 Å². The number of aromatic nitrogens is 1. The first-order valence-corrected chi connectivity index (χ1v) is 9.04. The van der Waals surface area contributed by atoms with E-state index in [0.29, 0.717) is 17.8 Å². The zero-order valence-corrected chi connectivity index (χ0v) is 16.0. The molecule has 3 aromatic rings. The molecule has 0 aliphatic heterocycles. The van der Waals surface area contributed by atoms with E-state index >= 15 is 0 Å². The molecule has 2 aromatic carbocycles. The van der Waals surface area contributed by atoms with Crippen LogP contribution in [0, 0.1) is 0 Å². The summed E-state index contributed by atoms with van der Waals surface area (Å²) in [6.45, 7) is 2.08. The molecule has 0 unspecified atom stereocenters. The van der Waals surface area contributed by atoms with Gasteiger partial charge < -0.3 is 10.1 Å². The van der Waals surface area contributed by atoms with Gasteiger partial charge in [-0.25, -0.2) is 0 Å². The first kappa shape index (κ1) is 19.1. The van der Waals surface area contributed by atoms with Crippen LogP contribution in [0.5, 0.6) is 0 Å². The van der Waals surface area contributed by atoms with Crippen molar-refractivity contribution in [1.29, 1.82) is 0 Å². The van der Waals surface area contributed by atoms with Gasteiger partial charge in [0.2, 0.25) is 0 Å². The number of fused-ring (bicyclic) bond motifs is 1. The average molecular weight is 403 g/mol. The van der Waals surface area contributed by atoms with Crippen molar-refractivity contribution < 1.29 is 14.3 Å². The largest absolute Gasteiger partial charge is 0.466 e. The third-order valence-electron chi connectivity index (χ3n) is 3.94. The maximum absolute atomic E-state index is 12.7. The van der Waals surface area contributed by atoms with Crippen molar-refractivity contribution in [2.75, 3.05) is 11.9 Å². The van der Waals surface area contributed by atoms with Gasteiger partial charge >= 0.3 is 5.97 Å². The Bertz CT molecular complexity index is 1000. The van der Waals surface area contributed by atoms with Crippen molar-refractivity contribution in [1.82, 2.24) is 4.98 Å². The van der Waals surface area contributed by atoms with Crippen LogP contribution < -0.4 is 5.32 Å². The lowest BCUT2D eigenvalue weighted by atomic mass is 10.1. The van der Waals surface area contributed by atoms with E-state index in [9.17, 15) is 9.59 Å². The molecule has 0 aliphatic rings. The molecule has 1 amide bonds. The molecular formula is C20H16Cl2N2O3. The summed E-state index contributed by atoms with van der Waals surface area (Å²) in [4.78, 5) is 28.9. The molecule has 1 heterocycles. The van der Waals surface area contributed by atoms with Gasteiger partial charge in [-0.05, 0) is 36.8 Å². The molecule has 138 valence electrons. The number of hydrogen-bond acceptors (Lipinski definition) is 4. The summed E-state index contributed by atoms with van der Waals surface area (Å²) in [5.41, 5.74) is 2.03. The van der Waals surface area contributed by atoms with Crippen LogP contribution in [0.4, 0.5) is 5.69 Å². The van der Waals surface area contributed by atoms with Crippen molar-refractivity contribution in [3.63, 3.8) is 0 Å². The fourth-order valence-electron chi connectivity index (χ4n) is 2.76. The van der Waals surface area contributed by atoms with Gasteiger partial charge in [-0.2, -0.15) is 0 Å². The van der Waals surface area contributed by atoms with E-state index in [4.69, 9.17) is 27.9 Å². The smallest absolute Gasteiger partial charge is 0.310 e. The third-order valence-corrected chi connectivity index (χ3v) is 4.57. The molecule has 7 heteroatoms. The lowest BCUT2D eigenvalue weighted by Gasteiger charge is -2.12. The lowest BCUT2D eigenvalue weighted by molar-refractivity contribution is -0.142. The highest BCUT2D eigenvalue weighted by molar-refractivity contribution is 6.40. The molecule has 0 radical (unpaired) electrons. The molecule has 0 fully saturated rings. The van der Waals surface area contributed by atoms with Crippen LogP contribution in [0.25, 0.3) is 10.9 Å². The fraction of sp³-hybridized carbons (Fsp3) is 0.150. The second-order valence-corrected chi connectivity index (χ2v) is 6.52. The maximum atomic E-state index is 12.7. The van der Waals surface area contributed by atoms with Crippen LogP contribution in [0.3, 0.4) is 0 Å². The number of carbonyl (C=O) groups is 2. The molecule has 0 spiro atoms. The molecule has 0 atom stereocenters. The summed E-state index contributed by atoms with van der Waals surface area (Å²) < 4.78 is 5.02. The number of nitrogens with one attached hydrogen (secondary N) is 1. The summed E-state index contributed by atoms with van der Waals surface area (Å²) in [6.07, 6.45) is 1.72. The van der Waals surface area contributed by atoms with E-state index in [1.165, 1.54) is 0 Å². The summed E-state index contributed by atoms with van der Waals surface area (Å²) >= 11 is 12.2. The number of benzene rings is 2. The Balaban J connectivity index is 1.96. The van der Waals surface area contributed by atoms with E-state index in [-0.39, 0.29) is 28.0 Å². The number of halogens is 2. The van der Waals surface area contributed by atoms with Crippen LogP contribution in [-0.4, -0.2) is 23.5 Å². The Labute approximate surface area is 166 Å². The zero-order chi connectivity index (χ0) is 19.4. The molecule has 0 bridgehead atoms. The van der Waals surface area contributed by atoms with Crippen molar-refractivity contribution in [3.05, 3.63) is 69.8 Å². The van der Waals surface area contributed by atoms with Gasteiger partial charge in [-0.3, -0.25) is 14.6 Å². The van der Waals surface area contributed by atoms with Crippen LogP contribution in [0.2, 0.25) is 10.0 Å². The quantitative estimate of drug-likeness (QED) is 0.616. The number of pyridine rings is 1. The second-order valence-electron chi connectivity index (χ2n) is 5.70. The molecule has 0 saturated heterocycles. The topological polar surface area (TPSA) is 68.3 Å². The van der Waals surface area contributed by atoms with E-state index in [0.717, 1.165) is 10.9 Å². The molecule has 0 saturated carbocycles. The highest BCUT2D eigenvalue weighted by atomic mass is 35.5. The number of nitrogens with zero attached hydrogens (tertiary/aromatic N) is 1. The van der Waals surface area contributed by atoms with Crippen molar-refractivity contribution >= 4 is 51.7 Å². The Hall–Kier alpha value is -2.63. The Morgan fingerprint density at radius 1 is 1.07 bits per heavy atom. The third kappa shape index (κ3) is 4.21. The number of rotatable bonds is 5. The Morgan fingerprint density at radius 2 is 1.78 bits per heavy atom. The van der Waals surface area contributed by atoms with E-state index in [1.54, 1.807) is 49.5 Å². The monoisotopic (exact) mass is 402 g/mol. The van der Waals surface area contributed by atoms with Crippen LogP contribution in [0.15, 0.2) is 48.7 Å². The lowest BCUT2D eigenvalue weighted by Crippen LogP contribution is -2.14. The van der Waals surface area contributed by atoms with E-state index in [2.05, 4.69) is 10.3 Å². The average Bonchev–Trinajstić information content (AvgIpc) is 2.62. The summed E-state index contributed by atoms with van der Waals surface area (Å²) in [7, 11) is 0. The predicted octanol–water partition coefficient (Wildman–Crippen LogP) is 4.90. The zero-order valence-electron chi connectivity index (χ0n) is 14.5. The number of hydrogen-bond donors (Lipinski definition) is 1.